The van der Waals surface area contributed by atoms with Crippen molar-refractivity contribution in [3.05, 3.63) is 95.8 Å². The van der Waals surface area contributed by atoms with E-state index in [-0.39, 0.29) is 11.9 Å². The number of nitrogens with zero attached hydrogens (tertiary/aromatic N) is 1. The molecular formula is C20H18N2O2. The lowest BCUT2D eigenvalue weighted by atomic mass is 9.99. The number of ether oxygens (including phenoxy) is 1. The summed E-state index contributed by atoms with van der Waals surface area (Å²) in [7, 11) is 1.60. The molecule has 0 bridgehead atoms. The van der Waals surface area contributed by atoms with Gasteiger partial charge in [0.25, 0.3) is 5.91 Å². The average molecular weight is 318 g/mol. The van der Waals surface area contributed by atoms with Gasteiger partial charge in [0, 0.05) is 18.0 Å². The molecule has 3 aromatic rings. The van der Waals surface area contributed by atoms with Crippen molar-refractivity contribution in [3.8, 4) is 5.75 Å². The second-order valence-corrected chi connectivity index (χ2v) is 5.33. The third kappa shape index (κ3) is 3.60. The van der Waals surface area contributed by atoms with Gasteiger partial charge in [-0.3, -0.25) is 9.78 Å². The first kappa shape index (κ1) is 15.7. The van der Waals surface area contributed by atoms with Crippen LogP contribution >= 0.6 is 0 Å². The van der Waals surface area contributed by atoms with E-state index in [0.29, 0.717) is 5.56 Å². The van der Waals surface area contributed by atoms with Crippen molar-refractivity contribution < 1.29 is 9.53 Å². The highest BCUT2D eigenvalue weighted by Gasteiger charge is 2.17. The van der Waals surface area contributed by atoms with Gasteiger partial charge in [-0.1, -0.05) is 36.4 Å². The molecule has 3 rings (SSSR count). The molecule has 0 aliphatic rings. The first-order chi connectivity index (χ1) is 11.8. The lowest BCUT2D eigenvalue weighted by molar-refractivity contribution is 0.0943. The quantitative estimate of drug-likeness (QED) is 0.782. The summed E-state index contributed by atoms with van der Waals surface area (Å²) in [4.78, 5) is 16.8. The minimum atomic E-state index is -0.255. The Morgan fingerprint density at radius 1 is 0.958 bits per heavy atom. The van der Waals surface area contributed by atoms with E-state index in [1.54, 1.807) is 43.8 Å². The molecule has 0 spiro atoms. The molecule has 4 nitrogen and oxygen atoms in total. The maximum absolute atomic E-state index is 12.6. The van der Waals surface area contributed by atoms with Gasteiger partial charge in [-0.25, -0.2) is 0 Å². The number of nitrogens with one attached hydrogen (secondary N) is 1. The van der Waals surface area contributed by atoms with Crippen LogP contribution in [-0.4, -0.2) is 18.0 Å². The summed E-state index contributed by atoms with van der Waals surface area (Å²) in [5, 5.41) is 3.08. The summed E-state index contributed by atoms with van der Waals surface area (Å²) in [6.07, 6.45) is 3.49. The summed E-state index contributed by atoms with van der Waals surface area (Å²) in [6, 6.07) is 20.5. The molecule has 1 N–H and O–H groups in total. The van der Waals surface area contributed by atoms with Crippen LogP contribution in [0.1, 0.15) is 27.5 Å². The van der Waals surface area contributed by atoms with Crippen molar-refractivity contribution in [2.24, 2.45) is 0 Å². The predicted molar refractivity (Wildman–Crippen MR) is 93.0 cm³/mol. The number of rotatable bonds is 5. The van der Waals surface area contributed by atoms with Crippen LogP contribution in [0.4, 0.5) is 0 Å². The van der Waals surface area contributed by atoms with E-state index in [1.807, 2.05) is 42.5 Å². The fourth-order valence-electron chi connectivity index (χ4n) is 2.51. The second kappa shape index (κ2) is 7.42. The van der Waals surface area contributed by atoms with Crippen molar-refractivity contribution in [1.29, 1.82) is 0 Å². The van der Waals surface area contributed by atoms with Crippen molar-refractivity contribution >= 4 is 5.91 Å². The molecule has 1 atom stereocenters. The molecule has 0 saturated carbocycles. The molecule has 0 aliphatic carbocycles. The Balaban J connectivity index is 1.87. The Kier molecular flexibility index (Phi) is 4.87. The van der Waals surface area contributed by atoms with Crippen molar-refractivity contribution in [1.82, 2.24) is 10.3 Å². The molecule has 1 aromatic heterocycles. The highest BCUT2D eigenvalue weighted by molar-refractivity contribution is 5.94. The van der Waals surface area contributed by atoms with Gasteiger partial charge < -0.3 is 10.1 Å². The summed E-state index contributed by atoms with van der Waals surface area (Å²) >= 11 is 0. The Hall–Kier alpha value is -3.14. The topological polar surface area (TPSA) is 51.2 Å². The maximum Gasteiger partial charge on any atom is 0.252 e. The molecule has 120 valence electrons. The van der Waals surface area contributed by atoms with Gasteiger partial charge in [0.2, 0.25) is 0 Å². The number of hydrogen-bond acceptors (Lipinski definition) is 3. The molecular weight excluding hydrogens is 300 g/mol. The SMILES string of the molecule is COc1ccc(C(=O)N[C@@H](c2ccccc2)c2cccnc2)cc1. The smallest absolute Gasteiger partial charge is 0.252 e. The van der Waals surface area contributed by atoms with Crippen LogP contribution in [0.15, 0.2) is 79.1 Å². The van der Waals surface area contributed by atoms with Crippen LogP contribution in [0.3, 0.4) is 0 Å². The zero-order valence-electron chi connectivity index (χ0n) is 13.3. The molecule has 24 heavy (non-hydrogen) atoms. The second-order valence-electron chi connectivity index (χ2n) is 5.33. The Labute approximate surface area is 141 Å². The van der Waals surface area contributed by atoms with Crippen LogP contribution in [0.25, 0.3) is 0 Å². The van der Waals surface area contributed by atoms with Crippen LogP contribution in [0, 0.1) is 0 Å². The first-order valence-corrected chi connectivity index (χ1v) is 7.67. The predicted octanol–water partition coefficient (Wildman–Crippen LogP) is 3.61. The number of methoxy groups -OCH3 is 1. The van der Waals surface area contributed by atoms with E-state index >= 15 is 0 Å². The molecule has 0 saturated heterocycles. The van der Waals surface area contributed by atoms with Gasteiger partial charge in [-0.2, -0.15) is 0 Å². The molecule has 0 aliphatic heterocycles. The van der Waals surface area contributed by atoms with Gasteiger partial charge in [0.05, 0.1) is 13.2 Å². The molecule has 1 amide bonds. The minimum Gasteiger partial charge on any atom is -0.497 e. The van der Waals surface area contributed by atoms with E-state index in [4.69, 9.17) is 4.74 Å². The van der Waals surface area contributed by atoms with Crippen molar-refractivity contribution in [2.75, 3.05) is 7.11 Å². The van der Waals surface area contributed by atoms with Gasteiger partial charge in [-0.05, 0) is 41.5 Å². The van der Waals surface area contributed by atoms with Gasteiger partial charge in [0.15, 0.2) is 0 Å². The van der Waals surface area contributed by atoms with Crippen LogP contribution in [0.2, 0.25) is 0 Å². The lowest BCUT2D eigenvalue weighted by Gasteiger charge is -2.19. The monoisotopic (exact) mass is 318 g/mol. The normalized spacial score (nSPS) is 11.5. The highest BCUT2D eigenvalue weighted by atomic mass is 16.5. The molecule has 1 heterocycles. The van der Waals surface area contributed by atoms with E-state index in [0.717, 1.165) is 16.9 Å². The molecule has 0 radical (unpaired) electrons. The van der Waals surface area contributed by atoms with Crippen LogP contribution < -0.4 is 10.1 Å². The van der Waals surface area contributed by atoms with E-state index in [2.05, 4.69) is 10.3 Å². The fraction of sp³-hybridized carbons (Fsp3) is 0.100. The van der Waals surface area contributed by atoms with Gasteiger partial charge in [-0.15, -0.1) is 0 Å². The number of hydrogen-bond donors (Lipinski definition) is 1. The Morgan fingerprint density at radius 2 is 1.67 bits per heavy atom. The van der Waals surface area contributed by atoms with Crippen LogP contribution in [0.5, 0.6) is 5.75 Å². The minimum absolute atomic E-state index is 0.143. The first-order valence-electron chi connectivity index (χ1n) is 7.67. The van der Waals surface area contributed by atoms with E-state index in [9.17, 15) is 4.79 Å². The van der Waals surface area contributed by atoms with Crippen molar-refractivity contribution in [2.45, 2.75) is 6.04 Å². The summed E-state index contributed by atoms with van der Waals surface area (Å²) in [6.45, 7) is 0. The zero-order chi connectivity index (χ0) is 16.8. The average Bonchev–Trinajstić information content (AvgIpc) is 2.67. The van der Waals surface area contributed by atoms with Gasteiger partial charge >= 0.3 is 0 Å². The highest BCUT2D eigenvalue weighted by Crippen LogP contribution is 2.22. The summed E-state index contributed by atoms with van der Waals surface area (Å²) < 4.78 is 5.13. The number of amides is 1. The summed E-state index contributed by atoms with van der Waals surface area (Å²) in [5.41, 5.74) is 2.53. The molecule has 0 unspecified atom stereocenters. The van der Waals surface area contributed by atoms with Crippen molar-refractivity contribution in [3.63, 3.8) is 0 Å². The van der Waals surface area contributed by atoms with Gasteiger partial charge in [0.1, 0.15) is 5.75 Å². The molecule has 4 heteroatoms. The Bertz CT molecular complexity index is 747. The molecule has 2 aromatic carbocycles. The maximum atomic E-state index is 12.6. The third-order valence-corrected chi connectivity index (χ3v) is 3.78. The summed E-state index contributed by atoms with van der Waals surface area (Å²) in [5.74, 6) is 0.578. The Morgan fingerprint density at radius 3 is 2.29 bits per heavy atom. The third-order valence-electron chi connectivity index (χ3n) is 3.78. The number of benzene rings is 2. The lowest BCUT2D eigenvalue weighted by Crippen LogP contribution is -2.29. The number of pyridine rings is 1. The number of carbonyl (C=O) groups is 1. The largest absolute Gasteiger partial charge is 0.497 e. The van der Waals surface area contributed by atoms with Crippen LogP contribution in [-0.2, 0) is 0 Å². The number of aromatic nitrogens is 1. The fourth-order valence-corrected chi connectivity index (χ4v) is 2.51. The van der Waals surface area contributed by atoms with E-state index in [1.165, 1.54) is 0 Å². The standard InChI is InChI=1S/C20H18N2O2/c1-24-18-11-9-16(10-12-18)20(23)22-19(15-6-3-2-4-7-15)17-8-5-13-21-14-17/h2-14,19H,1H3,(H,22,23)/t19-/m0/s1. The zero-order valence-corrected chi connectivity index (χ0v) is 13.3. The van der Waals surface area contributed by atoms with E-state index < -0.39 is 0 Å². The molecule has 0 fully saturated rings. The number of carbonyl (C=O) groups excluding carboxylic acids is 1.